The van der Waals surface area contributed by atoms with Crippen molar-refractivity contribution < 1.29 is 38.9 Å². The van der Waals surface area contributed by atoms with Gasteiger partial charge in [-0.2, -0.15) is 0 Å². The van der Waals surface area contributed by atoms with Gasteiger partial charge < -0.3 is 25.0 Å². The maximum Gasteiger partial charge on any atom is 0.410 e. The molecule has 0 aromatic heterocycles. The zero-order chi connectivity index (χ0) is 17.0. The van der Waals surface area contributed by atoms with Gasteiger partial charge in [0.2, 0.25) is 6.29 Å². The molecule has 22 heavy (non-hydrogen) atoms. The maximum atomic E-state index is 11.6. The van der Waals surface area contributed by atoms with E-state index in [1.54, 1.807) is 0 Å². The van der Waals surface area contributed by atoms with Crippen molar-refractivity contribution in [2.45, 2.75) is 57.8 Å². The van der Waals surface area contributed by atoms with Crippen LogP contribution in [0.5, 0.6) is 0 Å². The Kier molecular flexibility index (Phi) is 10.2. The van der Waals surface area contributed by atoms with E-state index in [-0.39, 0.29) is 12.9 Å². The van der Waals surface area contributed by atoms with Gasteiger partial charge in [0.1, 0.15) is 6.04 Å². The summed E-state index contributed by atoms with van der Waals surface area (Å²) in [6, 6.07) is -1.39. The van der Waals surface area contributed by atoms with Gasteiger partial charge in [0.25, 0.3) is 6.47 Å². The van der Waals surface area contributed by atoms with Crippen molar-refractivity contribution >= 4 is 24.5 Å². The molecule has 3 N–H and O–H groups in total. The molecule has 0 fully saturated rings. The summed E-state index contributed by atoms with van der Waals surface area (Å²) in [5, 5.41) is 19.4. The molecule has 0 spiro atoms. The summed E-state index contributed by atoms with van der Waals surface area (Å²) in [4.78, 5) is 43.3. The van der Waals surface area contributed by atoms with Crippen LogP contribution in [0.2, 0.25) is 0 Å². The van der Waals surface area contributed by atoms with Crippen molar-refractivity contribution in [2.24, 2.45) is 0 Å². The Morgan fingerprint density at radius 3 is 2.36 bits per heavy atom. The standard InChI is InChI=1S/C13H21NO8/c1-2-3-4-5-11(21-8-15)22-13(20)14-9(12(18)19)6-7-10(16)17/h8-9,11H,2-7H2,1H3,(H,14,20)(H,16,17)(H,18,19)/t9-,11-/m0/s1. The van der Waals surface area contributed by atoms with Crippen LogP contribution in [0.15, 0.2) is 0 Å². The van der Waals surface area contributed by atoms with Crippen LogP contribution in [0.25, 0.3) is 0 Å². The minimum absolute atomic E-state index is 0.142. The second-order valence-corrected chi connectivity index (χ2v) is 4.53. The molecule has 0 aliphatic rings. The van der Waals surface area contributed by atoms with Gasteiger partial charge in [-0.1, -0.05) is 19.8 Å². The van der Waals surface area contributed by atoms with Crippen LogP contribution in [-0.2, 0) is 23.9 Å². The minimum atomic E-state index is -1.39. The van der Waals surface area contributed by atoms with E-state index in [0.29, 0.717) is 12.8 Å². The fourth-order valence-corrected chi connectivity index (χ4v) is 1.60. The number of alkyl carbamates (subject to hydrolysis) is 1. The summed E-state index contributed by atoms with van der Waals surface area (Å²) >= 11 is 0. The van der Waals surface area contributed by atoms with Gasteiger partial charge in [-0.25, -0.2) is 9.59 Å². The van der Waals surface area contributed by atoms with Crippen LogP contribution in [0.3, 0.4) is 0 Å². The Hall–Kier alpha value is -2.32. The van der Waals surface area contributed by atoms with Crippen LogP contribution in [0.4, 0.5) is 4.79 Å². The van der Waals surface area contributed by atoms with Crippen LogP contribution < -0.4 is 5.32 Å². The summed E-state index contributed by atoms with van der Waals surface area (Å²) in [6.45, 7) is 2.12. The quantitative estimate of drug-likeness (QED) is 0.276. The predicted octanol–water partition coefficient (Wildman–Crippen LogP) is 1.11. The van der Waals surface area contributed by atoms with Gasteiger partial charge >= 0.3 is 18.0 Å². The molecule has 1 amide bonds. The molecular formula is C13H21NO8. The van der Waals surface area contributed by atoms with Gasteiger partial charge in [-0.15, -0.1) is 0 Å². The smallest absolute Gasteiger partial charge is 0.410 e. The highest BCUT2D eigenvalue weighted by Gasteiger charge is 2.23. The Morgan fingerprint density at radius 1 is 1.18 bits per heavy atom. The number of hydrogen-bond acceptors (Lipinski definition) is 6. The van der Waals surface area contributed by atoms with Gasteiger partial charge in [0.05, 0.1) is 0 Å². The lowest BCUT2D eigenvalue weighted by atomic mass is 10.1. The van der Waals surface area contributed by atoms with Gasteiger partial charge in [-0.05, 0) is 12.8 Å². The lowest BCUT2D eigenvalue weighted by Crippen LogP contribution is -2.42. The Bertz CT molecular complexity index is 384. The molecule has 0 aromatic carbocycles. The average Bonchev–Trinajstić information content (AvgIpc) is 2.43. The van der Waals surface area contributed by atoms with E-state index in [0.717, 1.165) is 12.8 Å². The average molecular weight is 319 g/mol. The summed E-state index contributed by atoms with van der Waals surface area (Å²) in [7, 11) is 0. The van der Waals surface area contributed by atoms with E-state index in [2.05, 4.69) is 4.74 Å². The molecule has 0 radical (unpaired) electrons. The first-order chi connectivity index (χ1) is 10.4. The number of nitrogens with one attached hydrogen (secondary N) is 1. The zero-order valence-electron chi connectivity index (χ0n) is 12.3. The fraction of sp³-hybridized carbons (Fsp3) is 0.692. The van der Waals surface area contributed by atoms with Crippen LogP contribution in [-0.4, -0.2) is 47.0 Å². The number of unbranched alkanes of at least 4 members (excludes halogenated alkanes) is 2. The molecule has 0 aliphatic carbocycles. The summed E-state index contributed by atoms with van der Waals surface area (Å²) in [5.74, 6) is -2.56. The molecule has 0 aromatic rings. The third-order valence-corrected chi connectivity index (χ3v) is 2.73. The number of carboxylic acid groups (broad SMARTS) is 2. The third kappa shape index (κ3) is 9.56. The largest absolute Gasteiger partial charge is 0.481 e. The van der Waals surface area contributed by atoms with Crippen molar-refractivity contribution in [1.29, 1.82) is 0 Å². The molecule has 9 nitrogen and oxygen atoms in total. The highest BCUT2D eigenvalue weighted by molar-refractivity contribution is 5.80. The van der Waals surface area contributed by atoms with E-state index in [9.17, 15) is 19.2 Å². The molecule has 0 saturated heterocycles. The number of carboxylic acids is 2. The normalized spacial score (nSPS) is 12.8. The number of amides is 1. The highest BCUT2D eigenvalue weighted by atomic mass is 16.7. The first-order valence-electron chi connectivity index (χ1n) is 6.91. The van der Waals surface area contributed by atoms with Gasteiger partial charge in [0, 0.05) is 12.8 Å². The van der Waals surface area contributed by atoms with E-state index >= 15 is 0 Å². The first-order valence-corrected chi connectivity index (χ1v) is 6.91. The number of hydrogen-bond donors (Lipinski definition) is 3. The Labute approximate surface area is 127 Å². The minimum Gasteiger partial charge on any atom is -0.481 e. The molecule has 0 rings (SSSR count). The van der Waals surface area contributed by atoms with Gasteiger partial charge in [0.15, 0.2) is 0 Å². The summed E-state index contributed by atoms with van der Waals surface area (Å²) < 4.78 is 9.40. The van der Waals surface area contributed by atoms with E-state index in [1.807, 2.05) is 12.2 Å². The first kappa shape index (κ1) is 19.7. The number of rotatable bonds is 12. The summed E-state index contributed by atoms with van der Waals surface area (Å²) in [6.07, 6.45) is -0.122. The number of carbonyl (C=O) groups is 4. The zero-order valence-corrected chi connectivity index (χ0v) is 12.3. The molecule has 9 heteroatoms. The predicted molar refractivity (Wildman–Crippen MR) is 73.0 cm³/mol. The van der Waals surface area contributed by atoms with Crippen molar-refractivity contribution in [3.8, 4) is 0 Å². The van der Waals surface area contributed by atoms with Crippen LogP contribution in [0.1, 0.15) is 45.4 Å². The van der Waals surface area contributed by atoms with Gasteiger partial charge in [-0.3, -0.25) is 9.59 Å². The second-order valence-electron chi connectivity index (χ2n) is 4.53. The SMILES string of the molecule is CCCCC[C@@H](OC=O)OC(=O)N[C@@H](CCC(=O)O)C(=O)O. The molecule has 0 unspecified atom stereocenters. The molecular weight excluding hydrogens is 298 g/mol. The molecule has 126 valence electrons. The van der Waals surface area contributed by atoms with Crippen molar-refractivity contribution in [3.63, 3.8) is 0 Å². The monoisotopic (exact) mass is 319 g/mol. The molecule has 0 aliphatic heterocycles. The third-order valence-electron chi connectivity index (χ3n) is 2.73. The van der Waals surface area contributed by atoms with E-state index in [4.69, 9.17) is 14.9 Å². The highest BCUT2D eigenvalue weighted by Crippen LogP contribution is 2.08. The Morgan fingerprint density at radius 2 is 1.86 bits per heavy atom. The molecule has 2 atom stereocenters. The van der Waals surface area contributed by atoms with Crippen LogP contribution >= 0.6 is 0 Å². The van der Waals surface area contributed by atoms with Crippen LogP contribution in [0, 0.1) is 0 Å². The Balaban J connectivity index is 4.40. The number of aliphatic carboxylic acids is 2. The topological polar surface area (TPSA) is 139 Å². The molecule has 0 saturated carbocycles. The fourth-order valence-electron chi connectivity index (χ4n) is 1.60. The number of ether oxygens (including phenoxy) is 2. The number of carbonyl (C=O) groups excluding carboxylic acids is 2. The second kappa shape index (κ2) is 11.4. The lowest BCUT2D eigenvalue weighted by Gasteiger charge is -2.18. The van der Waals surface area contributed by atoms with Crippen molar-refractivity contribution in [1.82, 2.24) is 5.32 Å². The summed E-state index contributed by atoms with van der Waals surface area (Å²) in [5.41, 5.74) is 0. The van der Waals surface area contributed by atoms with E-state index < -0.39 is 36.8 Å². The molecule has 0 bridgehead atoms. The van der Waals surface area contributed by atoms with Crippen molar-refractivity contribution in [2.75, 3.05) is 0 Å². The van der Waals surface area contributed by atoms with E-state index in [1.165, 1.54) is 0 Å². The van der Waals surface area contributed by atoms with Crippen molar-refractivity contribution in [3.05, 3.63) is 0 Å². The maximum absolute atomic E-state index is 11.6. The lowest BCUT2D eigenvalue weighted by molar-refractivity contribution is -0.154. The molecule has 0 heterocycles.